The maximum Gasteiger partial charge on any atom is 0.387 e. The number of hydrogen-bond acceptors (Lipinski definition) is 3. The van der Waals surface area contributed by atoms with Crippen LogP contribution in [0, 0.1) is 11.6 Å². The van der Waals surface area contributed by atoms with Crippen LogP contribution < -0.4 is 9.47 Å². The number of hydrogen-bond donors (Lipinski definition) is 0. The average Bonchev–Trinajstić information content (AvgIpc) is 2.71. The molecule has 0 atom stereocenters. The van der Waals surface area contributed by atoms with E-state index in [-0.39, 0.29) is 5.56 Å². The first-order valence-electron chi connectivity index (χ1n) is 10.1. The van der Waals surface area contributed by atoms with E-state index in [0.29, 0.717) is 18.1 Å². The van der Waals surface area contributed by atoms with Gasteiger partial charge in [0.1, 0.15) is 5.75 Å². The van der Waals surface area contributed by atoms with E-state index in [9.17, 15) is 22.4 Å². The van der Waals surface area contributed by atoms with Crippen LogP contribution in [0.2, 0.25) is 18.1 Å². The molecule has 1 fully saturated rings. The maximum atomic E-state index is 13.8. The van der Waals surface area contributed by atoms with Gasteiger partial charge in [-0.15, -0.1) is 0 Å². The normalized spacial score (nSPS) is 19.0. The Bertz CT molecular complexity index is 842. The summed E-state index contributed by atoms with van der Waals surface area (Å²) >= 11 is 0. The Morgan fingerprint density at radius 1 is 1.10 bits per heavy atom. The zero-order valence-corrected chi connectivity index (χ0v) is 17.8. The molecule has 30 heavy (non-hydrogen) atoms. The first-order chi connectivity index (χ1) is 14.4. The van der Waals surface area contributed by atoms with Crippen molar-refractivity contribution in [3.8, 4) is 11.5 Å². The van der Waals surface area contributed by atoms with Gasteiger partial charge in [-0.05, 0) is 36.5 Å². The van der Waals surface area contributed by atoms with E-state index in [1.54, 1.807) is 12.1 Å². The van der Waals surface area contributed by atoms with Gasteiger partial charge in [-0.2, -0.15) is 8.78 Å². The number of ether oxygens (including phenoxy) is 2. The first-order valence-corrected chi connectivity index (χ1v) is 12.6. The average molecular weight is 441 g/mol. The largest absolute Gasteiger partial charge is 0.429 e. The molecule has 3 rings (SSSR count). The summed E-state index contributed by atoms with van der Waals surface area (Å²) in [5.41, 5.74) is 1.42. The van der Waals surface area contributed by atoms with E-state index in [1.165, 1.54) is 43.0 Å². The molecule has 0 unspecified atom stereocenters. The summed E-state index contributed by atoms with van der Waals surface area (Å²) < 4.78 is 60.7. The minimum atomic E-state index is -3.37. The lowest BCUT2D eigenvalue weighted by molar-refractivity contribution is -0.0547. The van der Waals surface area contributed by atoms with E-state index in [2.05, 4.69) is 11.7 Å². The first kappa shape index (κ1) is 22.3. The van der Waals surface area contributed by atoms with Crippen LogP contribution in [-0.2, 0) is 0 Å². The third-order valence-corrected chi connectivity index (χ3v) is 9.24. The van der Waals surface area contributed by atoms with Gasteiger partial charge in [-0.1, -0.05) is 43.6 Å². The van der Waals surface area contributed by atoms with Crippen molar-refractivity contribution in [2.45, 2.75) is 56.8 Å². The Balaban J connectivity index is 1.63. The van der Waals surface area contributed by atoms with Gasteiger partial charge in [0.15, 0.2) is 17.4 Å². The van der Waals surface area contributed by atoms with E-state index in [1.807, 2.05) is 12.1 Å². The van der Waals surface area contributed by atoms with E-state index < -0.39 is 44.5 Å². The second kappa shape index (κ2) is 10.1. The zero-order chi connectivity index (χ0) is 21.7. The number of esters is 1. The van der Waals surface area contributed by atoms with Crippen molar-refractivity contribution < 1.29 is 31.8 Å². The van der Waals surface area contributed by atoms with E-state index >= 15 is 0 Å². The van der Waals surface area contributed by atoms with Gasteiger partial charge in [0.2, 0.25) is 0 Å². The highest BCUT2D eigenvalue weighted by molar-refractivity contribution is 6.59. The van der Waals surface area contributed by atoms with Crippen LogP contribution in [0.25, 0.3) is 0 Å². The van der Waals surface area contributed by atoms with Crippen molar-refractivity contribution in [3.05, 3.63) is 59.2 Å². The number of halogens is 4. The molecular weight excluding hydrogens is 416 g/mol. The van der Waals surface area contributed by atoms with Crippen LogP contribution in [0.4, 0.5) is 17.6 Å². The molecule has 0 spiro atoms. The fourth-order valence-electron chi connectivity index (χ4n) is 4.05. The maximum absolute atomic E-state index is 13.8. The van der Waals surface area contributed by atoms with Crippen LogP contribution in [0.15, 0.2) is 36.4 Å². The quantitative estimate of drug-likeness (QED) is 0.219. The summed E-state index contributed by atoms with van der Waals surface area (Å²) in [7, 11) is -0.561. The molecule has 8 heteroatoms. The summed E-state index contributed by atoms with van der Waals surface area (Å²) in [6, 6.07) is 12.4. The fourth-order valence-corrected chi connectivity index (χ4v) is 7.48. The van der Waals surface area contributed by atoms with Gasteiger partial charge < -0.3 is 9.47 Å². The third kappa shape index (κ3) is 5.62. The predicted molar refractivity (Wildman–Crippen MR) is 108 cm³/mol. The van der Waals surface area contributed by atoms with Crippen LogP contribution in [0.1, 0.15) is 48.0 Å². The van der Waals surface area contributed by atoms with Crippen molar-refractivity contribution in [1.29, 1.82) is 0 Å². The molecule has 2 aromatic rings. The summed E-state index contributed by atoms with van der Waals surface area (Å²) in [5, 5.41) is 0. The molecule has 3 nitrogen and oxygen atoms in total. The van der Waals surface area contributed by atoms with Crippen LogP contribution in [0.3, 0.4) is 0 Å². The lowest BCUT2D eigenvalue weighted by Crippen LogP contribution is -2.20. The SMILES string of the molecule is CCC[Si@H]1CC[C@H](c2ccc(C(=O)Oc3cc(F)c(OC(F)F)c(F)c3)cc2)CC1. The molecule has 0 radical (unpaired) electrons. The van der Waals surface area contributed by atoms with Crippen molar-refractivity contribution >= 4 is 14.8 Å². The highest BCUT2D eigenvalue weighted by atomic mass is 28.3. The van der Waals surface area contributed by atoms with Crippen molar-refractivity contribution in [2.75, 3.05) is 0 Å². The third-order valence-electron chi connectivity index (χ3n) is 5.55. The Morgan fingerprint density at radius 3 is 2.23 bits per heavy atom. The number of benzene rings is 2. The van der Waals surface area contributed by atoms with Gasteiger partial charge >= 0.3 is 12.6 Å². The molecule has 2 aromatic carbocycles. The number of alkyl halides is 2. The molecule has 0 aliphatic carbocycles. The minimum Gasteiger partial charge on any atom is -0.429 e. The van der Waals surface area contributed by atoms with Gasteiger partial charge in [-0.3, -0.25) is 0 Å². The van der Waals surface area contributed by atoms with Gasteiger partial charge in [-0.25, -0.2) is 13.6 Å². The summed E-state index contributed by atoms with van der Waals surface area (Å²) in [4.78, 5) is 12.3. The highest BCUT2D eigenvalue weighted by Gasteiger charge is 2.23. The monoisotopic (exact) mass is 440 g/mol. The standard InChI is InChI=1S/C22H24F4O3Si/c1-2-9-30-10-7-15(8-11-30)14-3-5-16(6-4-14)21(27)28-17-12-18(23)20(19(24)13-17)29-22(25)26/h3-6,12-13,15,22,30H,2,7-11H2,1H3/t15-,30-. The molecule has 0 aromatic heterocycles. The number of rotatable bonds is 7. The summed E-state index contributed by atoms with van der Waals surface area (Å²) in [6.07, 6.45) is 3.65. The summed E-state index contributed by atoms with van der Waals surface area (Å²) in [6.45, 7) is -1.13. The van der Waals surface area contributed by atoms with Crippen molar-refractivity contribution in [2.24, 2.45) is 0 Å². The molecule has 162 valence electrons. The molecule has 0 saturated carbocycles. The van der Waals surface area contributed by atoms with E-state index in [4.69, 9.17) is 4.74 Å². The molecule has 0 amide bonds. The molecule has 1 aliphatic heterocycles. The Hall–Kier alpha value is -2.35. The predicted octanol–water partition coefficient (Wildman–Crippen LogP) is 6.30. The molecule has 1 saturated heterocycles. The molecule has 0 bridgehead atoms. The Labute approximate surface area is 174 Å². The Kier molecular flexibility index (Phi) is 7.52. The van der Waals surface area contributed by atoms with E-state index in [0.717, 1.165) is 0 Å². The lowest BCUT2D eigenvalue weighted by atomic mass is 9.93. The van der Waals surface area contributed by atoms with Crippen LogP contribution in [-0.4, -0.2) is 21.4 Å². The van der Waals surface area contributed by atoms with Gasteiger partial charge in [0.25, 0.3) is 0 Å². The second-order valence-corrected chi connectivity index (χ2v) is 11.1. The van der Waals surface area contributed by atoms with Crippen LogP contribution in [0.5, 0.6) is 11.5 Å². The number of carbonyl (C=O) groups excluding carboxylic acids is 1. The Morgan fingerprint density at radius 2 is 1.70 bits per heavy atom. The topological polar surface area (TPSA) is 35.5 Å². The highest BCUT2D eigenvalue weighted by Crippen LogP contribution is 2.35. The zero-order valence-electron chi connectivity index (χ0n) is 16.7. The molecule has 0 N–H and O–H groups in total. The number of carbonyl (C=O) groups is 1. The summed E-state index contributed by atoms with van der Waals surface area (Å²) in [5.74, 6) is -4.69. The molecular formula is C22H24F4O3Si. The lowest BCUT2D eigenvalue weighted by Gasteiger charge is -2.27. The van der Waals surface area contributed by atoms with Gasteiger partial charge in [0, 0.05) is 20.9 Å². The van der Waals surface area contributed by atoms with Crippen molar-refractivity contribution in [3.63, 3.8) is 0 Å². The van der Waals surface area contributed by atoms with Crippen molar-refractivity contribution in [1.82, 2.24) is 0 Å². The fraction of sp³-hybridized carbons (Fsp3) is 0.409. The van der Waals surface area contributed by atoms with Crippen LogP contribution >= 0.6 is 0 Å². The minimum absolute atomic E-state index is 0.238. The molecule has 1 heterocycles. The second-order valence-electron chi connectivity index (χ2n) is 7.61. The molecule has 1 aliphatic rings. The van der Waals surface area contributed by atoms with Gasteiger partial charge in [0.05, 0.1) is 5.56 Å². The smallest absolute Gasteiger partial charge is 0.387 e.